The van der Waals surface area contributed by atoms with Crippen LogP contribution in [0.1, 0.15) is 23.6 Å². The molecule has 0 aliphatic carbocycles. The molecule has 8 heteroatoms. The van der Waals surface area contributed by atoms with E-state index in [0.717, 1.165) is 61.7 Å². The van der Waals surface area contributed by atoms with Crippen molar-refractivity contribution < 1.29 is 23.1 Å². The topological polar surface area (TPSA) is 53.1 Å². The molecule has 1 fully saturated rings. The summed E-state index contributed by atoms with van der Waals surface area (Å²) in [6, 6.07) is 9.59. The van der Waals surface area contributed by atoms with Gasteiger partial charge in [-0.05, 0) is 35.4 Å². The number of benzene rings is 2. The second-order valence-electron chi connectivity index (χ2n) is 8.31. The minimum atomic E-state index is -0.950. The summed E-state index contributed by atoms with van der Waals surface area (Å²) in [5.74, 6) is -1.15. The van der Waals surface area contributed by atoms with Crippen LogP contribution in [0.3, 0.4) is 0 Å². The van der Waals surface area contributed by atoms with Crippen molar-refractivity contribution in [1.29, 1.82) is 0 Å². The maximum Gasteiger partial charge on any atom is 0.227 e. The van der Waals surface area contributed by atoms with Crippen molar-refractivity contribution >= 4 is 11.8 Å². The highest BCUT2D eigenvalue weighted by atomic mass is 19.2. The first kappa shape index (κ1) is 22.2. The van der Waals surface area contributed by atoms with Gasteiger partial charge in [0.2, 0.25) is 11.8 Å². The Morgan fingerprint density at radius 2 is 1.66 bits per heavy atom. The van der Waals surface area contributed by atoms with Crippen molar-refractivity contribution in [2.24, 2.45) is 0 Å². The third-order valence-corrected chi connectivity index (χ3v) is 6.02. The number of rotatable bonds is 4. The molecule has 2 aromatic rings. The van der Waals surface area contributed by atoms with E-state index in [1.54, 1.807) is 11.8 Å². The summed E-state index contributed by atoms with van der Waals surface area (Å²) < 4.78 is 32.5. The van der Waals surface area contributed by atoms with E-state index >= 15 is 0 Å². The SMILES string of the molecule is CC(=O)N1CCN(Cc2ccc3c(c2)CN(C(=O)Cc2ccc(F)c(F)c2)CCO3)CC1. The molecule has 0 bridgehead atoms. The number of carbonyl (C=O) groups is 2. The van der Waals surface area contributed by atoms with Crippen molar-refractivity contribution in [3.63, 3.8) is 0 Å². The van der Waals surface area contributed by atoms with Gasteiger partial charge in [-0.1, -0.05) is 12.1 Å². The number of ether oxygens (including phenoxy) is 1. The van der Waals surface area contributed by atoms with Crippen LogP contribution in [0, 0.1) is 11.6 Å². The number of nitrogens with zero attached hydrogens (tertiary/aromatic N) is 3. The van der Waals surface area contributed by atoms with Crippen LogP contribution in [0.2, 0.25) is 0 Å². The van der Waals surface area contributed by atoms with E-state index in [9.17, 15) is 18.4 Å². The summed E-state index contributed by atoms with van der Waals surface area (Å²) in [4.78, 5) is 30.2. The highest BCUT2D eigenvalue weighted by Gasteiger charge is 2.22. The summed E-state index contributed by atoms with van der Waals surface area (Å²) in [7, 11) is 0. The molecule has 0 aromatic heterocycles. The van der Waals surface area contributed by atoms with Gasteiger partial charge in [-0.2, -0.15) is 0 Å². The monoisotopic (exact) mass is 443 g/mol. The first-order valence-electron chi connectivity index (χ1n) is 10.8. The van der Waals surface area contributed by atoms with Crippen molar-refractivity contribution in [3.05, 3.63) is 64.7 Å². The summed E-state index contributed by atoms with van der Waals surface area (Å²) in [6.07, 6.45) is 0.00660. The zero-order valence-electron chi connectivity index (χ0n) is 18.2. The molecule has 2 amide bonds. The first-order chi connectivity index (χ1) is 15.4. The Bertz CT molecular complexity index is 1010. The zero-order valence-corrected chi connectivity index (χ0v) is 18.2. The van der Waals surface area contributed by atoms with Crippen LogP contribution >= 0.6 is 0 Å². The van der Waals surface area contributed by atoms with Crippen molar-refractivity contribution in [2.75, 3.05) is 39.3 Å². The summed E-state index contributed by atoms with van der Waals surface area (Å²) >= 11 is 0. The fraction of sp³-hybridized carbons (Fsp3) is 0.417. The minimum absolute atomic E-state index is 0.00660. The molecule has 2 aliphatic heterocycles. The molecule has 170 valence electrons. The van der Waals surface area contributed by atoms with E-state index in [1.807, 2.05) is 17.0 Å². The van der Waals surface area contributed by atoms with Gasteiger partial charge < -0.3 is 14.5 Å². The Hall–Kier alpha value is -3.00. The maximum absolute atomic E-state index is 13.5. The van der Waals surface area contributed by atoms with E-state index in [1.165, 1.54) is 6.07 Å². The van der Waals surface area contributed by atoms with Crippen LogP contribution in [0.5, 0.6) is 5.75 Å². The lowest BCUT2D eigenvalue weighted by Crippen LogP contribution is -2.47. The van der Waals surface area contributed by atoms with Gasteiger partial charge in [0.1, 0.15) is 12.4 Å². The molecule has 0 radical (unpaired) electrons. The number of amides is 2. The molecule has 0 unspecified atom stereocenters. The molecule has 1 saturated heterocycles. The van der Waals surface area contributed by atoms with E-state index in [4.69, 9.17) is 4.74 Å². The molecule has 2 aliphatic rings. The quantitative estimate of drug-likeness (QED) is 0.729. The van der Waals surface area contributed by atoms with Crippen molar-refractivity contribution in [1.82, 2.24) is 14.7 Å². The summed E-state index contributed by atoms with van der Waals surface area (Å²) in [5, 5.41) is 0. The number of halogens is 2. The average Bonchev–Trinajstić information content (AvgIpc) is 2.99. The Balaban J connectivity index is 1.41. The molecular weight excluding hydrogens is 416 g/mol. The van der Waals surface area contributed by atoms with Gasteiger partial charge in [-0.3, -0.25) is 14.5 Å². The highest BCUT2D eigenvalue weighted by Crippen LogP contribution is 2.26. The lowest BCUT2D eigenvalue weighted by molar-refractivity contribution is -0.131. The third kappa shape index (κ3) is 5.24. The predicted octanol–water partition coefficient (Wildman–Crippen LogP) is 2.59. The average molecular weight is 443 g/mol. The molecule has 4 rings (SSSR count). The van der Waals surface area contributed by atoms with E-state index in [-0.39, 0.29) is 18.2 Å². The number of fused-ring (bicyclic) bond motifs is 1. The molecule has 32 heavy (non-hydrogen) atoms. The Morgan fingerprint density at radius 1 is 0.906 bits per heavy atom. The molecule has 2 heterocycles. The zero-order chi connectivity index (χ0) is 22.7. The van der Waals surface area contributed by atoms with Crippen LogP contribution in [-0.4, -0.2) is 65.8 Å². The van der Waals surface area contributed by atoms with Gasteiger partial charge in [0, 0.05) is 51.8 Å². The Kier molecular flexibility index (Phi) is 6.69. The Labute approximate surface area is 186 Å². The maximum atomic E-state index is 13.5. The normalized spacial score (nSPS) is 16.8. The minimum Gasteiger partial charge on any atom is -0.491 e. The first-order valence-corrected chi connectivity index (χ1v) is 10.8. The van der Waals surface area contributed by atoms with Crippen LogP contribution < -0.4 is 4.74 Å². The molecule has 0 N–H and O–H groups in total. The molecule has 6 nitrogen and oxygen atoms in total. The van der Waals surface area contributed by atoms with Crippen molar-refractivity contribution in [3.8, 4) is 5.75 Å². The van der Waals surface area contributed by atoms with Gasteiger partial charge in [0.15, 0.2) is 11.6 Å². The van der Waals surface area contributed by atoms with Crippen molar-refractivity contribution in [2.45, 2.75) is 26.4 Å². The highest BCUT2D eigenvalue weighted by molar-refractivity contribution is 5.79. The van der Waals surface area contributed by atoms with Crippen LogP contribution in [-0.2, 0) is 29.1 Å². The molecular formula is C24H27F2N3O3. The second-order valence-corrected chi connectivity index (χ2v) is 8.31. The molecule has 0 saturated carbocycles. The number of hydrogen-bond donors (Lipinski definition) is 0. The second kappa shape index (κ2) is 9.65. The molecule has 2 aromatic carbocycles. The van der Waals surface area contributed by atoms with Gasteiger partial charge in [0.05, 0.1) is 13.0 Å². The van der Waals surface area contributed by atoms with Gasteiger partial charge in [-0.15, -0.1) is 0 Å². The smallest absolute Gasteiger partial charge is 0.227 e. The largest absolute Gasteiger partial charge is 0.491 e. The van der Waals surface area contributed by atoms with E-state index < -0.39 is 11.6 Å². The predicted molar refractivity (Wildman–Crippen MR) is 115 cm³/mol. The third-order valence-electron chi connectivity index (χ3n) is 6.02. The molecule has 0 atom stereocenters. The lowest BCUT2D eigenvalue weighted by Gasteiger charge is -2.34. The number of piperazine rings is 1. The Morgan fingerprint density at radius 3 is 2.38 bits per heavy atom. The van der Waals surface area contributed by atoms with Gasteiger partial charge >= 0.3 is 0 Å². The van der Waals surface area contributed by atoms with E-state index in [2.05, 4.69) is 11.0 Å². The number of hydrogen-bond acceptors (Lipinski definition) is 4. The van der Waals surface area contributed by atoms with E-state index in [0.29, 0.717) is 25.3 Å². The standard InChI is InChI=1S/C24H27F2N3O3/c1-17(30)28-8-6-27(7-9-28)15-19-3-5-23-20(12-19)16-29(10-11-32-23)24(31)14-18-2-4-21(25)22(26)13-18/h2-5,12-13H,6-11,14-16H2,1H3. The van der Waals surface area contributed by atoms with Gasteiger partial charge in [0.25, 0.3) is 0 Å². The number of carbonyl (C=O) groups excluding carboxylic acids is 2. The van der Waals surface area contributed by atoms with Crippen LogP contribution in [0.25, 0.3) is 0 Å². The van der Waals surface area contributed by atoms with Gasteiger partial charge in [-0.25, -0.2) is 8.78 Å². The summed E-state index contributed by atoms with van der Waals surface area (Å²) in [5.41, 5.74) is 2.50. The fourth-order valence-corrected chi connectivity index (χ4v) is 4.17. The summed E-state index contributed by atoms with van der Waals surface area (Å²) in [6.45, 7) is 6.69. The fourth-order valence-electron chi connectivity index (χ4n) is 4.17. The molecule has 0 spiro atoms. The van der Waals surface area contributed by atoms with Crippen LogP contribution in [0.4, 0.5) is 8.78 Å². The lowest BCUT2D eigenvalue weighted by atomic mass is 10.1. The van der Waals surface area contributed by atoms with Crippen LogP contribution in [0.15, 0.2) is 36.4 Å².